The number of hydrogen-bond donors (Lipinski definition) is 1. The molecule has 1 amide bonds. The second kappa shape index (κ2) is 7.67. The topological polar surface area (TPSA) is 66.8 Å². The summed E-state index contributed by atoms with van der Waals surface area (Å²) in [6.45, 7) is 7.87. The molecule has 0 heterocycles. The molecular weight excluding hydrogens is 270 g/mol. The van der Waals surface area contributed by atoms with Crippen LogP contribution in [0.1, 0.15) is 31.4 Å². The number of nitrogens with zero attached hydrogens (tertiary/aromatic N) is 1. The van der Waals surface area contributed by atoms with Gasteiger partial charge in [0.25, 0.3) is 5.91 Å². The third-order valence-corrected chi connectivity index (χ3v) is 3.22. The molecule has 1 aromatic carbocycles. The zero-order valence-electron chi connectivity index (χ0n) is 13.0. The molecule has 0 saturated heterocycles. The summed E-state index contributed by atoms with van der Waals surface area (Å²) in [6, 6.07) is 5.43. The molecule has 5 heteroatoms. The fraction of sp³-hybridized carbons (Fsp3) is 0.500. The predicted octanol–water partition coefficient (Wildman–Crippen LogP) is 2.39. The molecule has 0 aliphatic heterocycles. The van der Waals surface area contributed by atoms with Crippen molar-refractivity contribution in [3.63, 3.8) is 0 Å². The van der Waals surface area contributed by atoms with Crippen molar-refractivity contribution in [3.05, 3.63) is 29.3 Å². The summed E-state index contributed by atoms with van der Waals surface area (Å²) >= 11 is 0. The number of ether oxygens (including phenoxy) is 1. The SMILES string of the molecule is CCN(C(=O)COc1cc(C)cc(C)c1)C(C)CC(=O)O. The van der Waals surface area contributed by atoms with Crippen molar-refractivity contribution in [2.24, 2.45) is 0 Å². The van der Waals surface area contributed by atoms with E-state index >= 15 is 0 Å². The maximum Gasteiger partial charge on any atom is 0.305 e. The second-order valence-corrected chi connectivity index (χ2v) is 5.24. The van der Waals surface area contributed by atoms with Crippen LogP contribution in [0.2, 0.25) is 0 Å². The van der Waals surface area contributed by atoms with E-state index < -0.39 is 5.97 Å². The molecule has 1 aromatic rings. The van der Waals surface area contributed by atoms with Gasteiger partial charge in [-0.2, -0.15) is 0 Å². The molecule has 0 spiro atoms. The average Bonchev–Trinajstić information content (AvgIpc) is 2.35. The lowest BCUT2D eigenvalue weighted by Crippen LogP contribution is -2.42. The monoisotopic (exact) mass is 293 g/mol. The molecule has 0 bridgehead atoms. The zero-order chi connectivity index (χ0) is 16.0. The Bertz CT molecular complexity index is 493. The van der Waals surface area contributed by atoms with Gasteiger partial charge in [-0.1, -0.05) is 6.07 Å². The van der Waals surface area contributed by atoms with Crippen LogP contribution in [0.15, 0.2) is 18.2 Å². The first kappa shape index (κ1) is 17.0. The van der Waals surface area contributed by atoms with Gasteiger partial charge in [-0.05, 0) is 51.0 Å². The Balaban J connectivity index is 2.64. The highest BCUT2D eigenvalue weighted by Crippen LogP contribution is 2.16. The van der Waals surface area contributed by atoms with E-state index in [0.29, 0.717) is 12.3 Å². The van der Waals surface area contributed by atoms with E-state index in [1.54, 1.807) is 6.92 Å². The van der Waals surface area contributed by atoms with Crippen LogP contribution in [0.4, 0.5) is 0 Å². The molecule has 1 atom stereocenters. The number of aliphatic carboxylic acids is 1. The van der Waals surface area contributed by atoms with Gasteiger partial charge in [-0.3, -0.25) is 9.59 Å². The van der Waals surface area contributed by atoms with Gasteiger partial charge < -0.3 is 14.7 Å². The molecule has 5 nitrogen and oxygen atoms in total. The lowest BCUT2D eigenvalue weighted by molar-refractivity contribution is -0.141. The minimum absolute atomic E-state index is 0.0663. The first-order chi connectivity index (χ1) is 9.83. The number of rotatable bonds is 7. The summed E-state index contributed by atoms with van der Waals surface area (Å²) < 4.78 is 5.53. The number of carboxylic acids is 1. The number of benzene rings is 1. The highest BCUT2D eigenvalue weighted by molar-refractivity contribution is 5.79. The van der Waals surface area contributed by atoms with Gasteiger partial charge in [0.2, 0.25) is 0 Å². The maximum absolute atomic E-state index is 12.1. The fourth-order valence-corrected chi connectivity index (χ4v) is 2.34. The summed E-state index contributed by atoms with van der Waals surface area (Å²) in [5.74, 6) is -0.461. The van der Waals surface area contributed by atoms with Crippen molar-refractivity contribution in [3.8, 4) is 5.75 Å². The van der Waals surface area contributed by atoms with Crippen molar-refractivity contribution in [1.29, 1.82) is 0 Å². The Labute approximate surface area is 125 Å². The standard InChI is InChI=1S/C16H23NO4/c1-5-17(13(4)9-16(19)20)15(18)10-21-14-7-11(2)6-12(3)8-14/h6-8,13H,5,9-10H2,1-4H3,(H,19,20). The van der Waals surface area contributed by atoms with Crippen molar-refractivity contribution in [1.82, 2.24) is 4.90 Å². The predicted molar refractivity (Wildman–Crippen MR) is 80.5 cm³/mol. The largest absolute Gasteiger partial charge is 0.484 e. The molecule has 21 heavy (non-hydrogen) atoms. The number of hydrogen-bond acceptors (Lipinski definition) is 3. The van der Waals surface area contributed by atoms with Gasteiger partial charge in [-0.15, -0.1) is 0 Å². The molecule has 1 unspecified atom stereocenters. The number of likely N-dealkylation sites (N-methyl/N-ethyl adjacent to an activating group) is 1. The van der Waals surface area contributed by atoms with Gasteiger partial charge in [-0.25, -0.2) is 0 Å². The van der Waals surface area contributed by atoms with E-state index in [2.05, 4.69) is 0 Å². The molecular formula is C16H23NO4. The summed E-state index contributed by atoms with van der Waals surface area (Å²) in [5, 5.41) is 8.81. The van der Waals surface area contributed by atoms with Crippen molar-refractivity contribution < 1.29 is 19.4 Å². The maximum atomic E-state index is 12.1. The lowest BCUT2D eigenvalue weighted by atomic mass is 10.1. The Kier molecular flexibility index (Phi) is 6.21. The number of carboxylic acid groups (broad SMARTS) is 1. The summed E-state index contributed by atoms with van der Waals surface area (Å²) in [7, 11) is 0. The lowest BCUT2D eigenvalue weighted by Gasteiger charge is -2.27. The minimum Gasteiger partial charge on any atom is -0.484 e. The Morgan fingerprint density at radius 1 is 1.24 bits per heavy atom. The molecule has 0 fully saturated rings. The normalized spacial score (nSPS) is 11.8. The second-order valence-electron chi connectivity index (χ2n) is 5.24. The molecule has 0 aromatic heterocycles. The molecule has 0 aliphatic rings. The van der Waals surface area contributed by atoms with Crippen molar-refractivity contribution >= 4 is 11.9 Å². The van der Waals surface area contributed by atoms with Gasteiger partial charge in [0.1, 0.15) is 5.75 Å². The zero-order valence-corrected chi connectivity index (χ0v) is 13.0. The van der Waals surface area contributed by atoms with E-state index in [0.717, 1.165) is 11.1 Å². The van der Waals surface area contributed by atoms with E-state index in [9.17, 15) is 9.59 Å². The van der Waals surface area contributed by atoms with Gasteiger partial charge in [0.05, 0.1) is 6.42 Å². The van der Waals surface area contributed by atoms with Crippen LogP contribution in [-0.4, -0.2) is 41.1 Å². The summed E-state index contributed by atoms with van der Waals surface area (Å²) in [4.78, 5) is 24.4. The van der Waals surface area contributed by atoms with Crippen LogP contribution in [0, 0.1) is 13.8 Å². The van der Waals surface area contributed by atoms with Crippen LogP contribution in [0.3, 0.4) is 0 Å². The third kappa shape index (κ3) is 5.45. The average molecular weight is 293 g/mol. The number of amides is 1. The number of aryl methyl sites for hydroxylation is 2. The van der Waals surface area contributed by atoms with Gasteiger partial charge in [0, 0.05) is 12.6 Å². The Morgan fingerprint density at radius 2 is 1.81 bits per heavy atom. The van der Waals surface area contributed by atoms with E-state index in [-0.39, 0.29) is 25.0 Å². The van der Waals surface area contributed by atoms with E-state index in [1.165, 1.54) is 4.90 Å². The highest BCUT2D eigenvalue weighted by Gasteiger charge is 2.21. The van der Waals surface area contributed by atoms with Crippen LogP contribution in [-0.2, 0) is 9.59 Å². The summed E-state index contributed by atoms with van der Waals surface area (Å²) in [6.07, 6.45) is -0.0663. The van der Waals surface area contributed by atoms with Crippen molar-refractivity contribution in [2.45, 2.75) is 40.2 Å². The molecule has 1 N–H and O–H groups in total. The van der Waals surface area contributed by atoms with E-state index in [1.807, 2.05) is 39.0 Å². The van der Waals surface area contributed by atoms with Crippen LogP contribution in [0.5, 0.6) is 5.75 Å². The number of carbonyl (C=O) groups excluding carboxylic acids is 1. The van der Waals surface area contributed by atoms with E-state index in [4.69, 9.17) is 9.84 Å². The van der Waals surface area contributed by atoms with Crippen LogP contribution >= 0.6 is 0 Å². The first-order valence-corrected chi connectivity index (χ1v) is 7.05. The molecule has 0 radical (unpaired) electrons. The third-order valence-electron chi connectivity index (χ3n) is 3.22. The smallest absolute Gasteiger partial charge is 0.305 e. The quantitative estimate of drug-likeness (QED) is 0.838. The van der Waals surface area contributed by atoms with Crippen molar-refractivity contribution in [2.75, 3.05) is 13.2 Å². The Hall–Kier alpha value is -2.04. The van der Waals surface area contributed by atoms with Gasteiger partial charge >= 0.3 is 5.97 Å². The summed E-state index contributed by atoms with van der Waals surface area (Å²) in [5.41, 5.74) is 2.15. The highest BCUT2D eigenvalue weighted by atomic mass is 16.5. The minimum atomic E-state index is -0.913. The molecule has 0 saturated carbocycles. The number of carbonyl (C=O) groups is 2. The van der Waals surface area contributed by atoms with Crippen LogP contribution in [0.25, 0.3) is 0 Å². The molecule has 0 aliphatic carbocycles. The molecule has 1 rings (SSSR count). The molecule has 116 valence electrons. The van der Waals surface area contributed by atoms with Crippen LogP contribution < -0.4 is 4.74 Å². The first-order valence-electron chi connectivity index (χ1n) is 7.05. The fourth-order valence-electron chi connectivity index (χ4n) is 2.34. The van der Waals surface area contributed by atoms with Gasteiger partial charge in [0.15, 0.2) is 6.61 Å². The Morgan fingerprint density at radius 3 is 2.29 bits per heavy atom.